The predicted molar refractivity (Wildman–Crippen MR) is 78.2 cm³/mol. The number of esters is 1. The molecular weight excluding hydrogens is 246 g/mol. The van der Waals surface area contributed by atoms with E-state index in [0.717, 1.165) is 17.9 Å². The van der Waals surface area contributed by atoms with Gasteiger partial charge in [0.15, 0.2) is 0 Å². The maximum absolute atomic E-state index is 11.8. The summed E-state index contributed by atoms with van der Waals surface area (Å²) in [7, 11) is 0. The van der Waals surface area contributed by atoms with E-state index < -0.39 is 0 Å². The van der Waals surface area contributed by atoms with Crippen molar-refractivity contribution in [2.75, 3.05) is 23.9 Å². The summed E-state index contributed by atoms with van der Waals surface area (Å²) in [6, 6.07) is 7.76. The summed E-state index contributed by atoms with van der Waals surface area (Å²) < 4.78 is 5.09. The van der Waals surface area contributed by atoms with Crippen molar-refractivity contribution >= 4 is 23.4 Å². The summed E-state index contributed by atoms with van der Waals surface area (Å²) in [5, 5.41) is 3.24. The maximum Gasteiger partial charge on any atom is 0.328 e. The van der Waals surface area contributed by atoms with E-state index in [1.54, 1.807) is 11.8 Å². The molecule has 4 heteroatoms. The number of benzene rings is 1. The molecule has 0 aliphatic carbocycles. The van der Waals surface area contributed by atoms with Gasteiger partial charge < -0.3 is 10.1 Å². The normalized spacial score (nSPS) is 11.9. The average molecular weight is 267 g/mol. The van der Waals surface area contributed by atoms with Crippen LogP contribution in [0.2, 0.25) is 0 Å². The molecule has 1 rings (SSSR count). The lowest BCUT2D eigenvalue weighted by Crippen LogP contribution is -2.32. The van der Waals surface area contributed by atoms with Gasteiger partial charge in [-0.15, -0.1) is 0 Å². The monoisotopic (exact) mass is 267 g/mol. The lowest BCUT2D eigenvalue weighted by Gasteiger charge is -2.18. The van der Waals surface area contributed by atoms with E-state index in [9.17, 15) is 4.79 Å². The van der Waals surface area contributed by atoms with E-state index in [2.05, 4.69) is 5.32 Å². The highest BCUT2D eigenvalue weighted by molar-refractivity contribution is 7.98. The van der Waals surface area contributed by atoms with Crippen LogP contribution in [0.4, 0.5) is 5.69 Å². The highest BCUT2D eigenvalue weighted by Gasteiger charge is 2.18. The Morgan fingerprint density at radius 2 is 2.06 bits per heavy atom. The lowest BCUT2D eigenvalue weighted by atomic mass is 10.2. The van der Waals surface area contributed by atoms with Crippen molar-refractivity contribution in [1.82, 2.24) is 0 Å². The van der Waals surface area contributed by atoms with E-state index in [1.807, 2.05) is 44.4 Å². The molecule has 1 unspecified atom stereocenters. The van der Waals surface area contributed by atoms with E-state index in [0.29, 0.717) is 6.61 Å². The number of nitrogens with one attached hydrogen (secondary N) is 1. The number of rotatable bonds is 7. The molecule has 0 amide bonds. The summed E-state index contributed by atoms with van der Waals surface area (Å²) >= 11 is 1.73. The third-order valence-corrected chi connectivity index (χ3v) is 3.22. The van der Waals surface area contributed by atoms with E-state index in [-0.39, 0.29) is 12.0 Å². The first kappa shape index (κ1) is 14.9. The quantitative estimate of drug-likeness (QED) is 0.770. The fourth-order valence-electron chi connectivity index (χ4n) is 1.58. The van der Waals surface area contributed by atoms with Crippen LogP contribution in [0.5, 0.6) is 0 Å². The molecular formula is C14H21NO2S. The van der Waals surface area contributed by atoms with Gasteiger partial charge in [-0.25, -0.2) is 4.79 Å². The van der Waals surface area contributed by atoms with Gasteiger partial charge in [0, 0.05) is 5.69 Å². The molecule has 1 N–H and O–H groups in total. The minimum atomic E-state index is -0.264. The Morgan fingerprint density at radius 3 is 2.61 bits per heavy atom. The number of thioether (sulfide) groups is 1. The van der Waals surface area contributed by atoms with Crippen molar-refractivity contribution in [2.24, 2.45) is 0 Å². The van der Waals surface area contributed by atoms with Gasteiger partial charge in [0.05, 0.1) is 6.61 Å². The van der Waals surface area contributed by atoms with Crippen molar-refractivity contribution < 1.29 is 9.53 Å². The molecule has 1 aromatic rings. The Hall–Kier alpha value is -1.16. The first-order chi connectivity index (χ1) is 8.67. The van der Waals surface area contributed by atoms with Crippen LogP contribution in [0.3, 0.4) is 0 Å². The smallest absolute Gasteiger partial charge is 0.328 e. The minimum Gasteiger partial charge on any atom is -0.464 e. The van der Waals surface area contributed by atoms with Crippen LogP contribution in [0.1, 0.15) is 18.9 Å². The summed E-state index contributed by atoms with van der Waals surface area (Å²) in [5.74, 6) is 0.759. The van der Waals surface area contributed by atoms with Crippen molar-refractivity contribution in [3.05, 3.63) is 29.8 Å². The molecule has 18 heavy (non-hydrogen) atoms. The zero-order valence-corrected chi connectivity index (χ0v) is 12.0. The molecule has 0 aliphatic heterocycles. The molecule has 0 aromatic heterocycles. The molecule has 1 atom stereocenters. The highest BCUT2D eigenvalue weighted by atomic mass is 32.2. The van der Waals surface area contributed by atoms with Gasteiger partial charge in [-0.2, -0.15) is 11.8 Å². The summed E-state index contributed by atoms with van der Waals surface area (Å²) in [5.41, 5.74) is 2.16. The second-order valence-electron chi connectivity index (χ2n) is 4.10. The zero-order chi connectivity index (χ0) is 13.4. The molecule has 0 fully saturated rings. The molecule has 0 saturated heterocycles. The number of carbonyl (C=O) groups excluding carboxylic acids is 1. The standard InChI is InChI=1S/C14H21NO2S/c1-4-17-14(16)13(9-10-18-3)15-12-7-5-11(2)6-8-12/h5-8,13,15H,4,9-10H2,1-3H3. The van der Waals surface area contributed by atoms with Crippen molar-refractivity contribution in [1.29, 1.82) is 0 Å². The van der Waals surface area contributed by atoms with Crippen LogP contribution in [0.25, 0.3) is 0 Å². The molecule has 0 spiro atoms. The van der Waals surface area contributed by atoms with Crippen LogP contribution in [0.15, 0.2) is 24.3 Å². The van der Waals surface area contributed by atoms with Crippen LogP contribution >= 0.6 is 11.8 Å². The van der Waals surface area contributed by atoms with Crippen LogP contribution < -0.4 is 5.32 Å². The van der Waals surface area contributed by atoms with Crippen molar-refractivity contribution in [2.45, 2.75) is 26.3 Å². The number of carbonyl (C=O) groups is 1. The topological polar surface area (TPSA) is 38.3 Å². The molecule has 100 valence electrons. The second-order valence-corrected chi connectivity index (χ2v) is 5.08. The third kappa shape index (κ3) is 5.00. The number of ether oxygens (including phenoxy) is 1. The molecule has 0 heterocycles. The van der Waals surface area contributed by atoms with Crippen molar-refractivity contribution in [3.8, 4) is 0 Å². The maximum atomic E-state index is 11.8. The average Bonchev–Trinajstić information content (AvgIpc) is 2.37. The van der Waals surface area contributed by atoms with Crippen molar-refractivity contribution in [3.63, 3.8) is 0 Å². The molecule has 0 bridgehead atoms. The van der Waals surface area contributed by atoms with E-state index in [4.69, 9.17) is 4.74 Å². The summed E-state index contributed by atoms with van der Waals surface area (Å²) in [6.07, 6.45) is 2.81. The molecule has 0 radical (unpaired) electrons. The fourth-order valence-corrected chi connectivity index (χ4v) is 2.05. The largest absolute Gasteiger partial charge is 0.464 e. The Kier molecular flexibility index (Phi) is 6.65. The number of anilines is 1. The van der Waals surface area contributed by atoms with Gasteiger partial charge in [0.1, 0.15) is 6.04 Å². The van der Waals surface area contributed by atoms with Gasteiger partial charge in [-0.1, -0.05) is 17.7 Å². The minimum absolute atomic E-state index is 0.174. The molecule has 1 aromatic carbocycles. The number of hydrogen-bond acceptors (Lipinski definition) is 4. The Morgan fingerprint density at radius 1 is 1.39 bits per heavy atom. The first-order valence-corrected chi connectivity index (χ1v) is 7.55. The summed E-state index contributed by atoms with van der Waals surface area (Å²) in [6.45, 7) is 4.29. The summed E-state index contributed by atoms with van der Waals surface area (Å²) in [4.78, 5) is 11.8. The number of hydrogen-bond donors (Lipinski definition) is 1. The predicted octanol–water partition coefficient (Wildman–Crippen LogP) is 3.09. The van der Waals surface area contributed by atoms with Crippen LogP contribution in [0, 0.1) is 6.92 Å². The van der Waals surface area contributed by atoms with Gasteiger partial charge in [0.2, 0.25) is 0 Å². The van der Waals surface area contributed by atoms with Gasteiger partial charge >= 0.3 is 5.97 Å². The molecule has 3 nitrogen and oxygen atoms in total. The molecule has 0 aliphatic rings. The van der Waals surface area contributed by atoms with Crippen LogP contribution in [-0.2, 0) is 9.53 Å². The van der Waals surface area contributed by atoms with Gasteiger partial charge in [-0.05, 0) is 44.4 Å². The third-order valence-electron chi connectivity index (χ3n) is 2.57. The number of aryl methyl sites for hydroxylation is 1. The van der Waals surface area contributed by atoms with Crippen LogP contribution in [-0.4, -0.2) is 30.6 Å². The van der Waals surface area contributed by atoms with Gasteiger partial charge in [-0.3, -0.25) is 0 Å². The van der Waals surface area contributed by atoms with Gasteiger partial charge in [0.25, 0.3) is 0 Å². The Balaban J connectivity index is 2.64. The van der Waals surface area contributed by atoms with E-state index in [1.165, 1.54) is 5.56 Å². The fraction of sp³-hybridized carbons (Fsp3) is 0.500. The SMILES string of the molecule is CCOC(=O)C(CCSC)Nc1ccc(C)cc1. The first-order valence-electron chi connectivity index (χ1n) is 6.16. The lowest BCUT2D eigenvalue weighted by molar-refractivity contribution is -0.144. The highest BCUT2D eigenvalue weighted by Crippen LogP contribution is 2.13. The molecule has 0 saturated carbocycles. The Bertz CT molecular complexity index is 365. The second kappa shape index (κ2) is 8.03. The zero-order valence-electron chi connectivity index (χ0n) is 11.2. The Labute approximate surface area is 113 Å². The van der Waals surface area contributed by atoms with E-state index >= 15 is 0 Å².